The van der Waals surface area contributed by atoms with Crippen molar-refractivity contribution in [3.63, 3.8) is 0 Å². The molecule has 1 fully saturated rings. The number of nitrogens with two attached hydrogens (primary N) is 1. The fourth-order valence-electron chi connectivity index (χ4n) is 2.78. The molecule has 0 atom stereocenters. The van der Waals surface area contributed by atoms with Crippen molar-refractivity contribution in [2.24, 2.45) is 0 Å². The van der Waals surface area contributed by atoms with Gasteiger partial charge in [-0.3, -0.25) is 4.90 Å². The highest BCUT2D eigenvalue weighted by molar-refractivity contribution is 7.15. The molecule has 0 unspecified atom stereocenters. The summed E-state index contributed by atoms with van der Waals surface area (Å²) in [4.78, 5) is 7.71. The van der Waals surface area contributed by atoms with E-state index in [1.54, 1.807) is 0 Å². The molecule has 0 radical (unpaired) electrons. The summed E-state index contributed by atoms with van der Waals surface area (Å²) in [5.41, 5.74) is 6.85. The summed E-state index contributed by atoms with van der Waals surface area (Å²) in [5.74, 6) is -0.198. The van der Waals surface area contributed by atoms with Crippen LogP contribution in [-0.2, 0) is 17.8 Å². The standard InChI is InChI=1S/C16H20FN3OS/c17-13-3-1-12(2-4-13)10-20(14-5-7-21-8-6-14)11-15-9-19-16(18)22-15/h1-4,9,14H,5-8,10-11H2,(H2,18,19). The van der Waals surface area contributed by atoms with Crippen molar-refractivity contribution in [1.82, 2.24) is 9.88 Å². The lowest BCUT2D eigenvalue weighted by molar-refractivity contribution is 0.0281. The van der Waals surface area contributed by atoms with Crippen LogP contribution in [0.1, 0.15) is 23.3 Å². The SMILES string of the molecule is Nc1ncc(CN(Cc2ccc(F)cc2)C2CCOCC2)s1. The number of hydrogen-bond acceptors (Lipinski definition) is 5. The minimum Gasteiger partial charge on any atom is -0.381 e. The maximum absolute atomic E-state index is 13.1. The molecule has 1 saturated heterocycles. The number of rotatable bonds is 5. The zero-order valence-electron chi connectivity index (χ0n) is 12.4. The van der Waals surface area contributed by atoms with Crippen molar-refractivity contribution >= 4 is 16.5 Å². The van der Waals surface area contributed by atoms with E-state index >= 15 is 0 Å². The van der Waals surface area contributed by atoms with Gasteiger partial charge in [0.05, 0.1) is 0 Å². The highest BCUT2D eigenvalue weighted by Gasteiger charge is 2.22. The van der Waals surface area contributed by atoms with Gasteiger partial charge in [0.15, 0.2) is 5.13 Å². The largest absolute Gasteiger partial charge is 0.381 e. The van der Waals surface area contributed by atoms with E-state index in [0.29, 0.717) is 11.2 Å². The van der Waals surface area contributed by atoms with Crippen molar-refractivity contribution in [1.29, 1.82) is 0 Å². The fraction of sp³-hybridized carbons (Fsp3) is 0.438. The molecule has 1 aliphatic heterocycles. The number of anilines is 1. The Morgan fingerprint density at radius 2 is 1.95 bits per heavy atom. The molecule has 1 aliphatic rings. The number of aromatic nitrogens is 1. The van der Waals surface area contributed by atoms with Crippen LogP contribution in [0.15, 0.2) is 30.5 Å². The van der Waals surface area contributed by atoms with Gasteiger partial charge in [-0.15, -0.1) is 11.3 Å². The predicted octanol–water partition coefficient (Wildman–Crippen LogP) is 3.05. The summed E-state index contributed by atoms with van der Waals surface area (Å²) in [7, 11) is 0. The molecule has 0 amide bonds. The first-order valence-electron chi connectivity index (χ1n) is 7.47. The summed E-state index contributed by atoms with van der Waals surface area (Å²) in [5, 5.41) is 0.601. The molecule has 1 aromatic carbocycles. The summed E-state index contributed by atoms with van der Waals surface area (Å²) in [6.45, 7) is 3.21. The van der Waals surface area contributed by atoms with E-state index in [1.807, 2.05) is 18.3 Å². The smallest absolute Gasteiger partial charge is 0.180 e. The van der Waals surface area contributed by atoms with Gasteiger partial charge in [0.2, 0.25) is 0 Å². The second kappa shape index (κ2) is 7.17. The number of ether oxygens (including phenoxy) is 1. The Bertz CT molecular complexity index is 596. The molecule has 0 spiro atoms. The number of halogens is 1. The Hall–Kier alpha value is -1.50. The van der Waals surface area contributed by atoms with Gasteiger partial charge in [-0.25, -0.2) is 9.37 Å². The molecule has 0 saturated carbocycles. The van der Waals surface area contributed by atoms with Crippen LogP contribution in [0.2, 0.25) is 0 Å². The number of benzene rings is 1. The second-order valence-corrected chi connectivity index (χ2v) is 6.69. The lowest BCUT2D eigenvalue weighted by Crippen LogP contribution is -2.38. The van der Waals surface area contributed by atoms with E-state index in [0.717, 1.165) is 49.6 Å². The zero-order valence-corrected chi connectivity index (χ0v) is 13.2. The van der Waals surface area contributed by atoms with E-state index in [-0.39, 0.29) is 5.82 Å². The molecule has 1 aromatic heterocycles. The average molecular weight is 321 g/mol. The number of thiazole rings is 1. The van der Waals surface area contributed by atoms with E-state index < -0.39 is 0 Å². The highest BCUT2D eigenvalue weighted by atomic mass is 32.1. The number of nitrogen functional groups attached to an aromatic ring is 1. The Labute approximate surface area is 133 Å². The quantitative estimate of drug-likeness (QED) is 0.919. The maximum atomic E-state index is 13.1. The van der Waals surface area contributed by atoms with E-state index in [4.69, 9.17) is 10.5 Å². The molecule has 2 heterocycles. The third-order valence-corrected chi connectivity index (χ3v) is 4.75. The van der Waals surface area contributed by atoms with Crippen LogP contribution >= 0.6 is 11.3 Å². The third kappa shape index (κ3) is 4.03. The van der Waals surface area contributed by atoms with Crippen LogP contribution in [0.4, 0.5) is 9.52 Å². The maximum Gasteiger partial charge on any atom is 0.180 e. The minimum absolute atomic E-state index is 0.198. The Morgan fingerprint density at radius 3 is 2.59 bits per heavy atom. The van der Waals surface area contributed by atoms with E-state index in [2.05, 4.69) is 9.88 Å². The van der Waals surface area contributed by atoms with Crippen LogP contribution < -0.4 is 5.73 Å². The molecule has 2 aromatic rings. The van der Waals surface area contributed by atoms with Gasteiger partial charge < -0.3 is 10.5 Å². The first-order valence-corrected chi connectivity index (χ1v) is 8.29. The molecule has 118 valence electrons. The molecular formula is C16H20FN3OS. The normalized spacial score (nSPS) is 16.3. The van der Waals surface area contributed by atoms with Gasteiger partial charge in [-0.2, -0.15) is 0 Å². The van der Waals surface area contributed by atoms with Crippen molar-refractivity contribution in [3.8, 4) is 0 Å². The zero-order chi connectivity index (χ0) is 15.4. The Balaban J connectivity index is 1.73. The lowest BCUT2D eigenvalue weighted by Gasteiger charge is -2.34. The molecule has 4 nitrogen and oxygen atoms in total. The lowest BCUT2D eigenvalue weighted by atomic mass is 10.1. The third-order valence-electron chi connectivity index (χ3n) is 3.94. The number of nitrogens with zero attached hydrogens (tertiary/aromatic N) is 2. The summed E-state index contributed by atoms with van der Waals surface area (Å²) in [6, 6.07) is 7.21. The summed E-state index contributed by atoms with van der Waals surface area (Å²) >= 11 is 1.53. The molecule has 6 heteroatoms. The fourth-order valence-corrected chi connectivity index (χ4v) is 3.49. The van der Waals surface area contributed by atoms with Gasteiger partial charge >= 0.3 is 0 Å². The minimum atomic E-state index is -0.198. The first-order chi connectivity index (χ1) is 10.7. The van der Waals surface area contributed by atoms with Gasteiger partial charge in [-0.05, 0) is 30.5 Å². The Morgan fingerprint density at radius 1 is 1.23 bits per heavy atom. The molecular weight excluding hydrogens is 301 g/mol. The van der Waals surface area contributed by atoms with Gasteiger partial charge in [0, 0.05) is 43.4 Å². The monoisotopic (exact) mass is 321 g/mol. The van der Waals surface area contributed by atoms with Crippen molar-refractivity contribution in [3.05, 3.63) is 46.7 Å². The molecule has 22 heavy (non-hydrogen) atoms. The van der Waals surface area contributed by atoms with Crippen molar-refractivity contribution < 1.29 is 9.13 Å². The van der Waals surface area contributed by atoms with Crippen molar-refractivity contribution in [2.75, 3.05) is 18.9 Å². The summed E-state index contributed by atoms with van der Waals surface area (Å²) in [6.07, 6.45) is 3.89. The van der Waals surface area contributed by atoms with Gasteiger partial charge in [0.25, 0.3) is 0 Å². The van der Waals surface area contributed by atoms with Crippen LogP contribution in [0.5, 0.6) is 0 Å². The van der Waals surface area contributed by atoms with Gasteiger partial charge in [0.1, 0.15) is 5.82 Å². The summed E-state index contributed by atoms with van der Waals surface area (Å²) < 4.78 is 18.5. The van der Waals surface area contributed by atoms with Gasteiger partial charge in [-0.1, -0.05) is 12.1 Å². The first kappa shape index (κ1) is 15.4. The van der Waals surface area contributed by atoms with E-state index in [9.17, 15) is 4.39 Å². The predicted molar refractivity (Wildman–Crippen MR) is 86.0 cm³/mol. The highest BCUT2D eigenvalue weighted by Crippen LogP contribution is 2.23. The van der Waals surface area contributed by atoms with Crippen LogP contribution in [-0.4, -0.2) is 29.1 Å². The topological polar surface area (TPSA) is 51.4 Å². The average Bonchev–Trinajstić information content (AvgIpc) is 2.95. The van der Waals surface area contributed by atoms with Crippen LogP contribution in [0.25, 0.3) is 0 Å². The molecule has 0 aliphatic carbocycles. The van der Waals surface area contributed by atoms with Crippen LogP contribution in [0, 0.1) is 5.82 Å². The number of hydrogen-bond donors (Lipinski definition) is 1. The van der Waals surface area contributed by atoms with Crippen molar-refractivity contribution in [2.45, 2.75) is 32.0 Å². The Kier molecular flexibility index (Phi) is 5.02. The van der Waals surface area contributed by atoms with E-state index in [1.165, 1.54) is 23.5 Å². The molecule has 3 rings (SSSR count). The second-order valence-electron chi connectivity index (χ2n) is 5.54. The molecule has 0 bridgehead atoms. The van der Waals surface area contributed by atoms with Crippen LogP contribution in [0.3, 0.4) is 0 Å². The molecule has 2 N–H and O–H groups in total.